The third-order valence-electron chi connectivity index (χ3n) is 8.11. The molecule has 0 aliphatic heterocycles. The van der Waals surface area contributed by atoms with Gasteiger partial charge in [0.15, 0.2) is 0 Å². The standard InChI is InChI=1S/C34H38N7O3Si/c1-33(2,3)45(7)44-17-16-36-31(42)39-29-15-9-23(19-38-29)22-8-14-27-26(18-22)30-28(20-37-27)40(6)32(43)41(30)25-12-10-24(11-13-25)34(4,5)21-35/h8-15,18-20H,16-17H2,1-7H3,(H2,36,38,39,42). The summed E-state index contributed by atoms with van der Waals surface area (Å²) in [7, 11) is 0.776. The Morgan fingerprint density at radius 2 is 1.71 bits per heavy atom. The normalized spacial score (nSPS) is 12.1. The summed E-state index contributed by atoms with van der Waals surface area (Å²) in [5, 5.41) is 16.1. The lowest BCUT2D eigenvalue weighted by Gasteiger charge is -2.24. The SMILES string of the molecule is Cn1c(=O)n(-c2ccc(C(C)(C)C#N)cc2)c2c3cc(-c4ccc(NC(=O)NCCO[Si](C)C(C)(C)C)nc4)ccc3ncc21. The first-order valence-corrected chi connectivity index (χ1v) is 16.7. The van der Waals surface area contributed by atoms with Gasteiger partial charge in [0.2, 0.25) is 9.04 Å². The lowest BCUT2D eigenvalue weighted by atomic mass is 9.86. The van der Waals surface area contributed by atoms with Gasteiger partial charge in [0.1, 0.15) is 5.82 Å². The topological polar surface area (TPSA) is 127 Å². The van der Waals surface area contributed by atoms with E-state index in [9.17, 15) is 14.9 Å². The predicted molar refractivity (Wildman–Crippen MR) is 180 cm³/mol. The fraction of sp³-hybridized carbons (Fsp3) is 0.324. The van der Waals surface area contributed by atoms with E-state index < -0.39 is 14.5 Å². The van der Waals surface area contributed by atoms with Gasteiger partial charge in [-0.2, -0.15) is 5.26 Å². The van der Waals surface area contributed by atoms with E-state index >= 15 is 0 Å². The van der Waals surface area contributed by atoms with Crippen molar-refractivity contribution < 1.29 is 9.22 Å². The molecule has 0 aliphatic rings. The van der Waals surface area contributed by atoms with Gasteiger partial charge in [-0.15, -0.1) is 0 Å². The summed E-state index contributed by atoms with van der Waals surface area (Å²) in [6, 6.07) is 19.0. The van der Waals surface area contributed by atoms with E-state index in [-0.39, 0.29) is 16.8 Å². The first kappa shape index (κ1) is 31.6. The van der Waals surface area contributed by atoms with E-state index in [1.807, 2.05) is 62.4 Å². The maximum Gasteiger partial charge on any atom is 0.333 e. The van der Waals surface area contributed by atoms with Gasteiger partial charge >= 0.3 is 11.7 Å². The van der Waals surface area contributed by atoms with Gasteiger partial charge in [0.05, 0.1) is 46.5 Å². The highest BCUT2D eigenvalue weighted by Crippen LogP contribution is 2.31. The molecule has 10 nitrogen and oxygen atoms in total. The zero-order valence-electron chi connectivity index (χ0n) is 26.7. The highest BCUT2D eigenvalue weighted by atomic mass is 28.3. The van der Waals surface area contributed by atoms with Crippen LogP contribution >= 0.6 is 0 Å². The second kappa shape index (κ2) is 12.3. The van der Waals surface area contributed by atoms with Gasteiger partial charge < -0.3 is 9.74 Å². The molecular formula is C34H38N7O3Si. The van der Waals surface area contributed by atoms with Crippen LogP contribution in [0.2, 0.25) is 11.6 Å². The molecule has 0 spiro atoms. The minimum absolute atomic E-state index is 0.135. The van der Waals surface area contributed by atoms with Crippen LogP contribution in [0.4, 0.5) is 10.6 Å². The van der Waals surface area contributed by atoms with Crippen LogP contribution in [-0.4, -0.2) is 47.3 Å². The molecular weight excluding hydrogens is 583 g/mol. The smallest absolute Gasteiger partial charge is 0.333 e. The van der Waals surface area contributed by atoms with Crippen molar-refractivity contribution in [1.82, 2.24) is 24.4 Å². The Hall–Kier alpha value is -4.79. The number of carbonyl (C=O) groups is 1. The number of aryl methyl sites for hydroxylation is 1. The van der Waals surface area contributed by atoms with Crippen molar-refractivity contribution in [1.29, 1.82) is 5.26 Å². The van der Waals surface area contributed by atoms with Crippen LogP contribution in [0.25, 0.3) is 38.8 Å². The lowest BCUT2D eigenvalue weighted by Crippen LogP contribution is -2.34. The second-order valence-corrected chi connectivity index (χ2v) is 15.6. The van der Waals surface area contributed by atoms with Gasteiger partial charge in [0.25, 0.3) is 0 Å². The largest absolute Gasteiger partial charge is 0.415 e. The molecule has 3 aromatic heterocycles. The Bertz CT molecular complexity index is 1970. The number of amides is 2. The van der Waals surface area contributed by atoms with Gasteiger partial charge in [-0.1, -0.05) is 39.0 Å². The van der Waals surface area contributed by atoms with Crippen LogP contribution in [0.5, 0.6) is 0 Å². The third kappa shape index (κ3) is 6.52. The number of fused-ring (bicyclic) bond motifs is 3. The van der Waals surface area contributed by atoms with E-state index in [4.69, 9.17) is 4.43 Å². The number of hydrogen-bond donors (Lipinski definition) is 2. The number of nitriles is 1. The van der Waals surface area contributed by atoms with Crippen LogP contribution < -0.4 is 16.3 Å². The maximum absolute atomic E-state index is 13.5. The van der Waals surface area contributed by atoms with E-state index in [2.05, 4.69) is 54.0 Å². The van der Waals surface area contributed by atoms with E-state index in [0.717, 1.165) is 33.1 Å². The molecule has 0 saturated heterocycles. The van der Waals surface area contributed by atoms with E-state index in [1.165, 1.54) is 0 Å². The molecule has 0 bridgehead atoms. The summed E-state index contributed by atoms with van der Waals surface area (Å²) in [6.07, 6.45) is 3.42. The molecule has 0 unspecified atom stereocenters. The van der Waals surface area contributed by atoms with Crippen molar-refractivity contribution in [2.75, 3.05) is 18.5 Å². The van der Waals surface area contributed by atoms with Crippen LogP contribution in [0.15, 0.2) is 71.8 Å². The van der Waals surface area contributed by atoms with Crippen molar-refractivity contribution in [3.05, 3.63) is 83.0 Å². The van der Waals surface area contributed by atoms with Gasteiger partial charge in [0, 0.05) is 30.7 Å². The average Bonchev–Trinajstić information content (AvgIpc) is 3.28. The molecule has 231 valence electrons. The van der Waals surface area contributed by atoms with E-state index in [1.54, 1.807) is 34.6 Å². The Kier molecular flexibility index (Phi) is 8.65. The van der Waals surface area contributed by atoms with Crippen LogP contribution in [0.1, 0.15) is 40.2 Å². The zero-order chi connectivity index (χ0) is 32.5. The number of pyridine rings is 2. The van der Waals surface area contributed by atoms with Crippen LogP contribution in [0, 0.1) is 11.3 Å². The molecule has 5 rings (SSSR count). The van der Waals surface area contributed by atoms with Crippen molar-refractivity contribution in [3.8, 4) is 22.9 Å². The number of anilines is 1. The number of nitrogens with zero attached hydrogens (tertiary/aromatic N) is 5. The molecule has 11 heteroatoms. The Morgan fingerprint density at radius 3 is 2.36 bits per heavy atom. The number of aromatic nitrogens is 4. The molecule has 0 fully saturated rings. The molecule has 5 aromatic rings. The van der Waals surface area contributed by atoms with Crippen molar-refractivity contribution >= 4 is 42.8 Å². The second-order valence-electron chi connectivity index (χ2n) is 12.7. The fourth-order valence-electron chi connectivity index (χ4n) is 4.89. The Morgan fingerprint density at radius 1 is 1.00 bits per heavy atom. The van der Waals surface area contributed by atoms with Crippen LogP contribution in [0.3, 0.4) is 0 Å². The number of nitrogens with one attached hydrogen (secondary N) is 2. The number of hydrogen-bond acceptors (Lipinski definition) is 6. The molecule has 1 radical (unpaired) electrons. The average molecular weight is 621 g/mol. The first-order valence-electron chi connectivity index (χ1n) is 14.8. The minimum Gasteiger partial charge on any atom is -0.415 e. The monoisotopic (exact) mass is 620 g/mol. The molecule has 0 aliphatic carbocycles. The quantitative estimate of drug-likeness (QED) is 0.155. The van der Waals surface area contributed by atoms with Crippen molar-refractivity contribution in [2.24, 2.45) is 7.05 Å². The molecule has 3 heterocycles. The minimum atomic E-state index is -0.958. The summed E-state index contributed by atoms with van der Waals surface area (Å²) < 4.78 is 9.18. The maximum atomic E-state index is 13.5. The van der Waals surface area contributed by atoms with Gasteiger partial charge in [-0.25, -0.2) is 14.6 Å². The number of rotatable bonds is 8. The molecule has 0 saturated carbocycles. The molecule has 2 N–H and O–H groups in total. The van der Waals surface area contributed by atoms with Crippen molar-refractivity contribution in [2.45, 2.75) is 51.6 Å². The third-order valence-corrected chi connectivity index (χ3v) is 10.9. The van der Waals surface area contributed by atoms with Gasteiger partial charge in [-0.3, -0.25) is 19.4 Å². The molecule has 2 amide bonds. The van der Waals surface area contributed by atoms with E-state index in [0.29, 0.717) is 30.2 Å². The fourth-order valence-corrected chi connectivity index (χ4v) is 5.73. The lowest BCUT2D eigenvalue weighted by molar-refractivity contribution is 0.246. The molecule has 0 atom stereocenters. The summed E-state index contributed by atoms with van der Waals surface area (Å²) >= 11 is 0. The molecule has 2 aromatic carbocycles. The number of urea groups is 1. The summed E-state index contributed by atoms with van der Waals surface area (Å²) in [4.78, 5) is 34.9. The first-order chi connectivity index (χ1) is 21.3. The predicted octanol–water partition coefficient (Wildman–Crippen LogP) is 6.30. The number of benzene rings is 2. The van der Waals surface area contributed by atoms with Crippen LogP contribution in [-0.2, 0) is 16.9 Å². The highest BCUT2D eigenvalue weighted by Gasteiger charge is 2.24. The highest BCUT2D eigenvalue weighted by molar-refractivity contribution is 6.53. The Balaban J connectivity index is 1.39. The van der Waals surface area contributed by atoms with Crippen molar-refractivity contribution in [3.63, 3.8) is 0 Å². The number of imidazole rings is 1. The number of carbonyl (C=O) groups excluding carboxylic acids is 1. The summed E-state index contributed by atoms with van der Waals surface area (Å²) in [6.45, 7) is 13.2. The van der Waals surface area contributed by atoms with Gasteiger partial charge in [-0.05, 0) is 73.0 Å². The molecule has 45 heavy (non-hydrogen) atoms. The Labute approximate surface area is 264 Å². The zero-order valence-corrected chi connectivity index (χ0v) is 27.7. The summed E-state index contributed by atoms with van der Waals surface area (Å²) in [5.74, 6) is 0.428. The summed E-state index contributed by atoms with van der Waals surface area (Å²) in [5.41, 5.74) is 4.68.